The highest BCUT2D eigenvalue weighted by molar-refractivity contribution is 5.71. The summed E-state index contributed by atoms with van der Waals surface area (Å²) in [5.41, 5.74) is 0. The molecule has 0 saturated heterocycles. The summed E-state index contributed by atoms with van der Waals surface area (Å²) >= 11 is 0. The van der Waals surface area contributed by atoms with E-state index in [0.29, 0.717) is 19.3 Å². The zero-order chi connectivity index (χ0) is 57.1. The number of unbranched alkanes of at least 4 members (excludes halogenated alkanes) is 46. The minimum atomic E-state index is -0.773. The van der Waals surface area contributed by atoms with Crippen LogP contribution in [0.5, 0.6) is 0 Å². The molecule has 0 N–H and O–H groups in total. The van der Waals surface area contributed by atoms with Crippen molar-refractivity contribution in [3.8, 4) is 0 Å². The van der Waals surface area contributed by atoms with Crippen LogP contribution in [0.3, 0.4) is 0 Å². The molecule has 6 heteroatoms. The number of carbonyl (C=O) groups is 3. The lowest BCUT2D eigenvalue weighted by atomic mass is 10.0. The Balaban J connectivity index is 4.21. The molecule has 1 atom stereocenters. The smallest absolute Gasteiger partial charge is 0.306 e. The van der Waals surface area contributed by atoms with Crippen molar-refractivity contribution in [2.24, 2.45) is 0 Å². The number of carbonyl (C=O) groups excluding carboxylic acids is 3. The predicted molar refractivity (Wildman–Crippen MR) is 344 cm³/mol. The van der Waals surface area contributed by atoms with E-state index in [-0.39, 0.29) is 31.1 Å². The molecule has 0 aliphatic rings. The maximum Gasteiger partial charge on any atom is 0.306 e. The van der Waals surface area contributed by atoms with Crippen molar-refractivity contribution in [3.05, 3.63) is 48.6 Å². The quantitative estimate of drug-likeness (QED) is 0.0261. The zero-order valence-corrected chi connectivity index (χ0v) is 53.2. The van der Waals surface area contributed by atoms with E-state index in [0.717, 1.165) is 70.6 Å². The predicted octanol–water partition coefficient (Wildman–Crippen LogP) is 24.1. The van der Waals surface area contributed by atoms with Gasteiger partial charge in [-0.2, -0.15) is 0 Å². The molecule has 0 aliphatic heterocycles. The zero-order valence-electron chi connectivity index (χ0n) is 53.2. The van der Waals surface area contributed by atoms with E-state index in [1.165, 1.54) is 270 Å². The van der Waals surface area contributed by atoms with Crippen molar-refractivity contribution < 1.29 is 28.6 Å². The lowest BCUT2D eigenvalue weighted by Crippen LogP contribution is -2.30. The molecule has 6 nitrogen and oxygen atoms in total. The van der Waals surface area contributed by atoms with Gasteiger partial charge in [-0.05, 0) is 83.5 Å². The number of hydrogen-bond donors (Lipinski definition) is 0. The average Bonchev–Trinajstić information content (AvgIpc) is 3.45. The van der Waals surface area contributed by atoms with Crippen molar-refractivity contribution in [2.75, 3.05) is 13.2 Å². The molecule has 462 valence electrons. The van der Waals surface area contributed by atoms with Gasteiger partial charge in [-0.25, -0.2) is 0 Å². The van der Waals surface area contributed by atoms with E-state index in [2.05, 4.69) is 69.4 Å². The van der Waals surface area contributed by atoms with Crippen LogP contribution in [0.2, 0.25) is 0 Å². The summed E-state index contributed by atoms with van der Waals surface area (Å²) < 4.78 is 17.0. The molecule has 0 aromatic carbocycles. The molecule has 0 spiro atoms. The fourth-order valence-electron chi connectivity index (χ4n) is 10.5. The lowest BCUT2D eigenvalue weighted by molar-refractivity contribution is -0.167. The van der Waals surface area contributed by atoms with Gasteiger partial charge in [-0.15, -0.1) is 0 Å². The molecule has 0 radical (unpaired) electrons. The largest absolute Gasteiger partial charge is 0.462 e. The molecular formula is C73H134O6. The summed E-state index contributed by atoms with van der Waals surface area (Å²) in [6.45, 7) is 6.68. The van der Waals surface area contributed by atoms with Gasteiger partial charge in [0.1, 0.15) is 13.2 Å². The molecule has 0 bridgehead atoms. The van der Waals surface area contributed by atoms with Crippen LogP contribution < -0.4 is 0 Å². The summed E-state index contributed by atoms with van der Waals surface area (Å²) in [6, 6.07) is 0. The van der Waals surface area contributed by atoms with Crippen LogP contribution in [-0.2, 0) is 28.6 Å². The first-order valence-corrected chi connectivity index (χ1v) is 35.1. The van der Waals surface area contributed by atoms with E-state index in [9.17, 15) is 14.4 Å². The highest BCUT2D eigenvalue weighted by Gasteiger charge is 2.19. The summed E-state index contributed by atoms with van der Waals surface area (Å²) in [6.07, 6.45) is 85.7. The maximum absolute atomic E-state index is 12.9. The van der Waals surface area contributed by atoms with Crippen molar-refractivity contribution in [1.82, 2.24) is 0 Å². The molecule has 0 aromatic heterocycles. The van der Waals surface area contributed by atoms with Crippen LogP contribution in [0.25, 0.3) is 0 Å². The molecule has 0 aliphatic carbocycles. The fraction of sp³-hybridized carbons (Fsp3) is 0.849. The Morgan fingerprint density at radius 3 is 0.722 bits per heavy atom. The van der Waals surface area contributed by atoms with Gasteiger partial charge in [0.25, 0.3) is 0 Å². The molecule has 0 saturated carbocycles. The number of esters is 3. The first-order valence-electron chi connectivity index (χ1n) is 35.1. The Labute approximate surface area is 492 Å². The Kier molecular flexibility index (Phi) is 65.6. The third kappa shape index (κ3) is 66.1. The third-order valence-electron chi connectivity index (χ3n) is 15.8. The van der Waals surface area contributed by atoms with Gasteiger partial charge < -0.3 is 14.2 Å². The molecule has 1 unspecified atom stereocenters. The topological polar surface area (TPSA) is 78.9 Å². The fourth-order valence-corrected chi connectivity index (χ4v) is 10.5. The standard InChI is InChI=1S/C73H134O6/c1-4-7-10-13-16-19-22-24-26-28-30-32-34-36-38-40-42-44-46-48-51-54-57-60-63-66-72(75)78-69-70(68-77-71(74)65-62-59-56-53-50-21-18-15-12-9-6-3)79-73(76)67-64-61-58-55-52-49-47-45-43-41-39-37-35-33-31-29-27-25-23-20-17-14-11-8-5-2/h22,24,28-31,34,36,70H,4-21,23,25-27,32-33,35,37-69H2,1-3H3/b24-22-,30-28-,31-29-,36-34-. The molecule has 0 amide bonds. The van der Waals surface area contributed by atoms with Crippen LogP contribution in [0, 0.1) is 0 Å². The van der Waals surface area contributed by atoms with Crippen LogP contribution in [0.4, 0.5) is 0 Å². The average molecular weight is 1110 g/mol. The van der Waals surface area contributed by atoms with E-state index in [1.807, 2.05) is 0 Å². The van der Waals surface area contributed by atoms with E-state index < -0.39 is 6.10 Å². The molecule has 79 heavy (non-hydrogen) atoms. The normalized spacial score (nSPS) is 12.3. The number of rotatable bonds is 65. The van der Waals surface area contributed by atoms with Crippen LogP contribution in [0.1, 0.15) is 380 Å². The Hall–Kier alpha value is -2.63. The van der Waals surface area contributed by atoms with E-state index in [1.54, 1.807) is 0 Å². The second kappa shape index (κ2) is 67.9. The van der Waals surface area contributed by atoms with Crippen molar-refractivity contribution in [2.45, 2.75) is 386 Å². The van der Waals surface area contributed by atoms with Crippen LogP contribution >= 0.6 is 0 Å². The molecule has 0 rings (SSSR count). The van der Waals surface area contributed by atoms with Crippen LogP contribution in [-0.4, -0.2) is 37.2 Å². The summed E-state index contributed by atoms with van der Waals surface area (Å²) in [5, 5.41) is 0. The monoisotopic (exact) mass is 1110 g/mol. The molecule has 0 aromatic rings. The Bertz CT molecular complexity index is 1360. The van der Waals surface area contributed by atoms with Gasteiger partial charge in [0, 0.05) is 19.3 Å². The SMILES string of the molecule is CCCCCCC/C=C\C/C=C\C/C=C\CCCCCCCCCCCCC(=O)OCC(COC(=O)CCCCCCCCCCCCC)OC(=O)CCCCCCCCCCCCCCC/C=C\CCCCCCCCCC. The van der Waals surface area contributed by atoms with Gasteiger partial charge in [0.2, 0.25) is 0 Å². The van der Waals surface area contributed by atoms with Gasteiger partial charge >= 0.3 is 17.9 Å². The minimum Gasteiger partial charge on any atom is -0.462 e. The number of ether oxygens (including phenoxy) is 3. The summed E-state index contributed by atoms with van der Waals surface area (Å²) in [7, 11) is 0. The molecular weight excluding hydrogens is 973 g/mol. The summed E-state index contributed by atoms with van der Waals surface area (Å²) in [4.78, 5) is 38.4. The van der Waals surface area contributed by atoms with Crippen molar-refractivity contribution in [3.63, 3.8) is 0 Å². The van der Waals surface area contributed by atoms with Gasteiger partial charge in [-0.1, -0.05) is 326 Å². The van der Waals surface area contributed by atoms with E-state index in [4.69, 9.17) is 14.2 Å². The van der Waals surface area contributed by atoms with Gasteiger partial charge in [0.15, 0.2) is 6.10 Å². The second-order valence-corrected chi connectivity index (χ2v) is 23.8. The number of hydrogen-bond acceptors (Lipinski definition) is 6. The first kappa shape index (κ1) is 76.4. The van der Waals surface area contributed by atoms with Crippen molar-refractivity contribution >= 4 is 17.9 Å². The third-order valence-corrected chi connectivity index (χ3v) is 15.8. The molecule has 0 fully saturated rings. The maximum atomic E-state index is 12.9. The second-order valence-electron chi connectivity index (χ2n) is 23.8. The summed E-state index contributed by atoms with van der Waals surface area (Å²) in [5.74, 6) is -0.850. The van der Waals surface area contributed by atoms with Crippen LogP contribution in [0.15, 0.2) is 48.6 Å². The van der Waals surface area contributed by atoms with Gasteiger partial charge in [0.05, 0.1) is 0 Å². The van der Waals surface area contributed by atoms with Gasteiger partial charge in [-0.3, -0.25) is 14.4 Å². The van der Waals surface area contributed by atoms with Crippen molar-refractivity contribution in [1.29, 1.82) is 0 Å². The Morgan fingerprint density at radius 1 is 0.253 bits per heavy atom. The highest BCUT2D eigenvalue weighted by Crippen LogP contribution is 2.18. The number of allylic oxidation sites excluding steroid dienone is 8. The minimum absolute atomic E-state index is 0.0698. The van der Waals surface area contributed by atoms with E-state index >= 15 is 0 Å². The highest BCUT2D eigenvalue weighted by atomic mass is 16.6. The lowest BCUT2D eigenvalue weighted by Gasteiger charge is -2.18. The first-order chi connectivity index (χ1) is 39.0. The molecule has 0 heterocycles. The Morgan fingerprint density at radius 2 is 0.456 bits per heavy atom.